The van der Waals surface area contributed by atoms with E-state index in [1.54, 1.807) is 0 Å². The van der Waals surface area contributed by atoms with E-state index in [1.165, 1.54) is 42.4 Å². The third-order valence-corrected chi connectivity index (χ3v) is 3.94. The maximum atomic E-state index is 5.78. The molecule has 0 N–H and O–H groups in total. The van der Waals surface area contributed by atoms with Crippen LogP contribution in [-0.4, -0.2) is 18.0 Å². The van der Waals surface area contributed by atoms with Crippen LogP contribution in [0.2, 0.25) is 0 Å². The van der Waals surface area contributed by atoms with Crippen LogP contribution >= 0.6 is 0 Å². The summed E-state index contributed by atoms with van der Waals surface area (Å²) in [6, 6.07) is 6.51. The van der Waals surface area contributed by atoms with E-state index in [-0.39, 0.29) is 5.54 Å². The first kappa shape index (κ1) is 15.1. The summed E-state index contributed by atoms with van der Waals surface area (Å²) in [5.41, 5.74) is 3.86. The minimum absolute atomic E-state index is 0.0844. The number of rotatable bonds is 6. The van der Waals surface area contributed by atoms with Gasteiger partial charge in [0, 0.05) is 5.56 Å². The van der Waals surface area contributed by atoms with Crippen LogP contribution in [0.25, 0.3) is 0 Å². The summed E-state index contributed by atoms with van der Waals surface area (Å²) in [6.45, 7) is 9.36. The molecule has 0 bridgehead atoms. The zero-order valence-corrected chi connectivity index (χ0v) is 13.3. The number of hydrogen-bond acceptors (Lipinski definition) is 2. The lowest BCUT2D eigenvalue weighted by atomic mass is 9.97. The van der Waals surface area contributed by atoms with Gasteiger partial charge in [0.15, 0.2) is 0 Å². The Kier molecular flexibility index (Phi) is 4.85. The molecule has 1 aliphatic heterocycles. The van der Waals surface area contributed by atoms with E-state index >= 15 is 0 Å². The van der Waals surface area contributed by atoms with Gasteiger partial charge in [-0.3, -0.25) is 0 Å². The molecule has 0 saturated carbocycles. The molecule has 2 heteroatoms. The predicted molar refractivity (Wildman–Crippen MR) is 85.6 cm³/mol. The predicted octanol–water partition coefficient (Wildman–Crippen LogP) is 4.67. The average Bonchev–Trinajstić information content (AvgIpc) is 2.76. The molecule has 0 aromatic heterocycles. The van der Waals surface area contributed by atoms with Crippen LogP contribution in [0.3, 0.4) is 0 Å². The number of ether oxygens (including phenoxy) is 1. The number of unbranched alkanes of at least 4 members (excludes halogenated alkanes) is 3. The fourth-order valence-corrected chi connectivity index (χ4v) is 2.65. The third kappa shape index (κ3) is 3.62. The van der Waals surface area contributed by atoms with E-state index in [2.05, 4.69) is 45.9 Å². The van der Waals surface area contributed by atoms with E-state index < -0.39 is 0 Å². The van der Waals surface area contributed by atoms with Crippen LogP contribution in [-0.2, 0) is 11.2 Å². The topological polar surface area (TPSA) is 21.6 Å². The Morgan fingerprint density at radius 1 is 1.20 bits per heavy atom. The Balaban J connectivity index is 2.12. The lowest BCUT2D eigenvalue weighted by Gasteiger charge is -2.11. The van der Waals surface area contributed by atoms with Crippen LogP contribution in [0.4, 0.5) is 0 Å². The van der Waals surface area contributed by atoms with Gasteiger partial charge < -0.3 is 4.74 Å². The summed E-state index contributed by atoms with van der Waals surface area (Å²) in [5, 5.41) is 0. The van der Waals surface area contributed by atoms with Crippen molar-refractivity contribution in [3.63, 3.8) is 0 Å². The molecule has 0 radical (unpaired) electrons. The molecule has 2 rings (SSSR count). The monoisotopic (exact) mass is 273 g/mol. The minimum Gasteiger partial charge on any atom is -0.475 e. The molecule has 1 heterocycles. The second-order valence-corrected chi connectivity index (χ2v) is 6.42. The molecule has 0 aliphatic carbocycles. The van der Waals surface area contributed by atoms with Crippen LogP contribution in [0.15, 0.2) is 23.2 Å². The SMILES string of the molecule is CCCCCCc1cccc(C2=NC(C)(C)CO2)c1C. The van der Waals surface area contributed by atoms with Crippen molar-refractivity contribution in [1.29, 1.82) is 0 Å². The first-order valence-corrected chi connectivity index (χ1v) is 7.85. The van der Waals surface area contributed by atoms with Gasteiger partial charge in [-0.05, 0) is 50.8 Å². The zero-order valence-electron chi connectivity index (χ0n) is 13.3. The van der Waals surface area contributed by atoms with E-state index in [1.807, 2.05) is 0 Å². The molecule has 0 fully saturated rings. The van der Waals surface area contributed by atoms with Crippen molar-refractivity contribution in [3.05, 3.63) is 34.9 Å². The average molecular weight is 273 g/mol. The van der Waals surface area contributed by atoms with Gasteiger partial charge in [-0.2, -0.15) is 0 Å². The highest BCUT2D eigenvalue weighted by Gasteiger charge is 2.27. The molecule has 20 heavy (non-hydrogen) atoms. The molecule has 0 atom stereocenters. The second kappa shape index (κ2) is 6.43. The standard InChI is InChI=1S/C18H27NO/c1-5-6-7-8-10-15-11-9-12-16(14(15)2)17-19-18(3,4)13-20-17/h9,11-12H,5-8,10,13H2,1-4H3. The number of aliphatic imine (C=N–C) groups is 1. The number of aryl methyl sites for hydroxylation is 1. The molecular formula is C18H27NO. The third-order valence-electron chi connectivity index (χ3n) is 3.94. The lowest BCUT2D eigenvalue weighted by Crippen LogP contribution is -2.17. The summed E-state index contributed by atoms with van der Waals surface area (Å²) in [6.07, 6.45) is 6.39. The van der Waals surface area contributed by atoms with Crippen LogP contribution in [0, 0.1) is 6.92 Å². The maximum absolute atomic E-state index is 5.78. The summed E-state index contributed by atoms with van der Waals surface area (Å²) < 4.78 is 5.78. The molecular weight excluding hydrogens is 246 g/mol. The number of benzene rings is 1. The highest BCUT2D eigenvalue weighted by molar-refractivity contribution is 5.97. The van der Waals surface area contributed by atoms with Gasteiger partial charge in [0.1, 0.15) is 6.61 Å². The largest absolute Gasteiger partial charge is 0.475 e. The van der Waals surface area contributed by atoms with Crippen LogP contribution in [0.1, 0.15) is 63.1 Å². The molecule has 0 saturated heterocycles. The lowest BCUT2D eigenvalue weighted by molar-refractivity contribution is 0.279. The van der Waals surface area contributed by atoms with Crippen molar-refractivity contribution >= 4 is 5.90 Å². The second-order valence-electron chi connectivity index (χ2n) is 6.42. The van der Waals surface area contributed by atoms with Gasteiger partial charge in [0.05, 0.1) is 5.54 Å². The van der Waals surface area contributed by atoms with E-state index in [9.17, 15) is 0 Å². The van der Waals surface area contributed by atoms with Gasteiger partial charge in [0.25, 0.3) is 0 Å². The Labute approximate surface area is 123 Å². The Morgan fingerprint density at radius 2 is 2.00 bits per heavy atom. The van der Waals surface area contributed by atoms with Gasteiger partial charge >= 0.3 is 0 Å². The van der Waals surface area contributed by atoms with Gasteiger partial charge in [-0.25, -0.2) is 4.99 Å². The van der Waals surface area contributed by atoms with Crippen molar-refractivity contribution in [3.8, 4) is 0 Å². The Bertz CT molecular complexity index is 488. The summed E-state index contributed by atoms with van der Waals surface area (Å²) >= 11 is 0. The number of hydrogen-bond donors (Lipinski definition) is 0. The molecule has 0 unspecified atom stereocenters. The first-order valence-electron chi connectivity index (χ1n) is 7.85. The van der Waals surface area contributed by atoms with Gasteiger partial charge in [-0.1, -0.05) is 38.3 Å². The number of nitrogens with zero attached hydrogens (tertiary/aromatic N) is 1. The molecule has 1 aliphatic rings. The van der Waals surface area contributed by atoms with E-state index in [0.29, 0.717) is 6.61 Å². The summed E-state index contributed by atoms with van der Waals surface area (Å²) in [7, 11) is 0. The fourth-order valence-electron chi connectivity index (χ4n) is 2.65. The van der Waals surface area contributed by atoms with Crippen molar-refractivity contribution < 1.29 is 4.74 Å². The van der Waals surface area contributed by atoms with Crippen molar-refractivity contribution in [2.75, 3.05) is 6.61 Å². The van der Waals surface area contributed by atoms with Gasteiger partial charge in [-0.15, -0.1) is 0 Å². The molecule has 0 amide bonds. The Hall–Kier alpha value is -1.31. The van der Waals surface area contributed by atoms with Crippen molar-refractivity contribution in [1.82, 2.24) is 0 Å². The first-order chi connectivity index (χ1) is 9.53. The minimum atomic E-state index is -0.0844. The summed E-state index contributed by atoms with van der Waals surface area (Å²) in [4.78, 5) is 4.70. The Morgan fingerprint density at radius 3 is 2.65 bits per heavy atom. The fraction of sp³-hybridized carbons (Fsp3) is 0.611. The van der Waals surface area contributed by atoms with Crippen molar-refractivity contribution in [2.45, 2.75) is 65.3 Å². The molecule has 0 spiro atoms. The molecule has 1 aromatic rings. The van der Waals surface area contributed by atoms with Crippen molar-refractivity contribution in [2.24, 2.45) is 4.99 Å². The highest BCUT2D eigenvalue weighted by atomic mass is 16.5. The summed E-state index contributed by atoms with van der Waals surface area (Å²) in [5.74, 6) is 0.822. The quantitative estimate of drug-likeness (QED) is 0.690. The zero-order chi connectivity index (χ0) is 14.6. The molecule has 1 aromatic carbocycles. The molecule has 110 valence electrons. The molecule has 2 nitrogen and oxygen atoms in total. The van der Waals surface area contributed by atoms with E-state index in [4.69, 9.17) is 9.73 Å². The highest BCUT2D eigenvalue weighted by Crippen LogP contribution is 2.24. The van der Waals surface area contributed by atoms with E-state index in [0.717, 1.165) is 12.3 Å². The van der Waals surface area contributed by atoms with Crippen LogP contribution < -0.4 is 0 Å². The maximum Gasteiger partial charge on any atom is 0.217 e. The van der Waals surface area contributed by atoms with Crippen LogP contribution in [0.5, 0.6) is 0 Å². The smallest absolute Gasteiger partial charge is 0.217 e. The normalized spacial score (nSPS) is 16.9. The van der Waals surface area contributed by atoms with Gasteiger partial charge in [0.2, 0.25) is 5.90 Å².